The van der Waals surface area contributed by atoms with E-state index < -0.39 is 0 Å². The molecule has 0 aliphatic heterocycles. The molecule has 17 heavy (non-hydrogen) atoms. The summed E-state index contributed by atoms with van der Waals surface area (Å²) < 4.78 is 1.87. The first-order valence-electron chi connectivity index (χ1n) is 5.89. The van der Waals surface area contributed by atoms with Gasteiger partial charge in [-0.3, -0.25) is 4.68 Å². The number of aromatic hydroxyl groups is 1. The zero-order valence-electron chi connectivity index (χ0n) is 10.5. The fourth-order valence-electron chi connectivity index (χ4n) is 1.95. The van der Waals surface area contributed by atoms with E-state index in [0.29, 0.717) is 5.92 Å². The van der Waals surface area contributed by atoms with Crippen LogP contribution in [0, 0.1) is 12.8 Å². The molecule has 0 fully saturated rings. The van der Waals surface area contributed by atoms with Crippen molar-refractivity contribution in [1.29, 1.82) is 0 Å². The molecular formula is C14H18N2O. The molecule has 3 heteroatoms. The van der Waals surface area contributed by atoms with Crippen LogP contribution in [-0.4, -0.2) is 14.9 Å². The maximum absolute atomic E-state index is 9.91. The van der Waals surface area contributed by atoms with Crippen LogP contribution in [0.25, 0.3) is 11.3 Å². The maximum atomic E-state index is 9.91. The first-order chi connectivity index (χ1) is 8.08. The van der Waals surface area contributed by atoms with Crippen molar-refractivity contribution >= 4 is 0 Å². The maximum Gasteiger partial charge on any atom is 0.161 e. The highest BCUT2D eigenvalue weighted by Crippen LogP contribution is 2.29. The van der Waals surface area contributed by atoms with Gasteiger partial charge in [0.1, 0.15) is 5.69 Å². The zero-order valence-corrected chi connectivity index (χ0v) is 10.5. The summed E-state index contributed by atoms with van der Waals surface area (Å²) in [6.07, 6.45) is 1.51. The molecule has 0 saturated heterocycles. The van der Waals surface area contributed by atoms with Gasteiger partial charge in [0.15, 0.2) is 5.75 Å². The average molecular weight is 230 g/mol. The largest absolute Gasteiger partial charge is 0.504 e. The topological polar surface area (TPSA) is 38.1 Å². The van der Waals surface area contributed by atoms with Gasteiger partial charge < -0.3 is 5.11 Å². The van der Waals surface area contributed by atoms with Crippen molar-refractivity contribution in [1.82, 2.24) is 9.78 Å². The molecule has 0 amide bonds. The van der Waals surface area contributed by atoms with Gasteiger partial charge >= 0.3 is 0 Å². The van der Waals surface area contributed by atoms with Crippen molar-refractivity contribution in [3.63, 3.8) is 0 Å². The number of nitrogens with zero attached hydrogens (tertiary/aromatic N) is 2. The summed E-state index contributed by atoms with van der Waals surface area (Å²) in [5.74, 6) is 0.745. The smallest absolute Gasteiger partial charge is 0.161 e. The van der Waals surface area contributed by atoms with Crippen LogP contribution in [0.15, 0.2) is 30.5 Å². The molecule has 0 radical (unpaired) electrons. The molecule has 2 rings (SSSR count). The first-order valence-corrected chi connectivity index (χ1v) is 5.89. The van der Waals surface area contributed by atoms with E-state index in [1.165, 1.54) is 11.8 Å². The van der Waals surface area contributed by atoms with Gasteiger partial charge in [-0.05, 0) is 18.9 Å². The second kappa shape index (κ2) is 4.62. The molecule has 2 aromatic rings. The molecule has 0 aliphatic rings. The highest BCUT2D eigenvalue weighted by Gasteiger charge is 2.13. The molecule has 90 valence electrons. The number of hydrogen-bond donors (Lipinski definition) is 1. The van der Waals surface area contributed by atoms with Crippen molar-refractivity contribution in [2.24, 2.45) is 5.92 Å². The molecular weight excluding hydrogens is 212 g/mol. The fourth-order valence-corrected chi connectivity index (χ4v) is 1.95. The minimum atomic E-state index is 0.247. The molecule has 0 aliphatic carbocycles. The number of benzene rings is 1. The Hall–Kier alpha value is -1.77. The Morgan fingerprint density at radius 3 is 2.76 bits per heavy atom. The van der Waals surface area contributed by atoms with E-state index in [1.54, 1.807) is 0 Å². The predicted molar refractivity (Wildman–Crippen MR) is 68.9 cm³/mol. The molecule has 0 unspecified atom stereocenters. The third-order valence-corrected chi connectivity index (χ3v) is 2.65. The Labute approximate surface area is 102 Å². The predicted octanol–water partition coefficient (Wildman–Crippen LogP) is 3.22. The summed E-state index contributed by atoms with van der Waals surface area (Å²) in [6, 6.07) is 8.11. The number of aromatic nitrogens is 2. The Morgan fingerprint density at radius 2 is 2.12 bits per heavy atom. The highest BCUT2D eigenvalue weighted by molar-refractivity contribution is 5.66. The zero-order chi connectivity index (χ0) is 12.4. The molecule has 3 nitrogen and oxygen atoms in total. The van der Waals surface area contributed by atoms with Gasteiger partial charge in [-0.1, -0.05) is 37.6 Å². The average Bonchev–Trinajstić information content (AvgIpc) is 2.59. The van der Waals surface area contributed by atoms with Crippen molar-refractivity contribution in [3.8, 4) is 17.0 Å². The van der Waals surface area contributed by atoms with Crippen LogP contribution < -0.4 is 0 Å². The lowest BCUT2D eigenvalue weighted by atomic mass is 10.1. The molecule has 1 heterocycles. The Kier molecular flexibility index (Phi) is 3.18. The van der Waals surface area contributed by atoms with Crippen LogP contribution in [-0.2, 0) is 6.54 Å². The van der Waals surface area contributed by atoms with Crippen molar-refractivity contribution in [2.75, 3.05) is 0 Å². The first kappa shape index (κ1) is 11.7. The summed E-state index contributed by atoms with van der Waals surface area (Å²) in [6.45, 7) is 7.13. The van der Waals surface area contributed by atoms with Gasteiger partial charge in [-0.2, -0.15) is 5.10 Å². The van der Waals surface area contributed by atoms with Gasteiger partial charge in [0, 0.05) is 12.1 Å². The van der Waals surface area contributed by atoms with Gasteiger partial charge in [-0.15, -0.1) is 0 Å². The van der Waals surface area contributed by atoms with Gasteiger partial charge in [0.2, 0.25) is 0 Å². The van der Waals surface area contributed by atoms with E-state index in [1.807, 2.05) is 29.8 Å². The third kappa shape index (κ3) is 2.49. The van der Waals surface area contributed by atoms with E-state index in [9.17, 15) is 5.11 Å². The molecule has 1 aromatic carbocycles. The second-order valence-electron chi connectivity index (χ2n) is 4.82. The van der Waals surface area contributed by atoms with Crippen LogP contribution >= 0.6 is 0 Å². The number of hydrogen-bond acceptors (Lipinski definition) is 2. The standard InChI is InChI=1S/C14H18N2O/c1-10(2)9-16-14(13(17)8-15-16)12-6-4-5-11(3)7-12/h4-8,10,17H,9H2,1-3H3. The Balaban J connectivity index is 2.47. The number of aryl methyl sites for hydroxylation is 1. The highest BCUT2D eigenvalue weighted by atomic mass is 16.3. The van der Waals surface area contributed by atoms with Crippen LogP contribution in [0.3, 0.4) is 0 Å². The molecule has 0 bridgehead atoms. The van der Waals surface area contributed by atoms with E-state index in [2.05, 4.69) is 25.0 Å². The summed E-state index contributed by atoms with van der Waals surface area (Å²) in [4.78, 5) is 0. The van der Waals surface area contributed by atoms with Crippen molar-refractivity contribution in [2.45, 2.75) is 27.3 Å². The quantitative estimate of drug-likeness (QED) is 0.879. The lowest BCUT2D eigenvalue weighted by molar-refractivity contribution is 0.468. The second-order valence-corrected chi connectivity index (χ2v) is 4.82. The molecule has 0 spiro atoms. The monoisotopic (exact) mass is 230 g/mol. The number of rotatable bonds is 3. The lowest BCUT2D eigenvalue weighted by Crippen LogP contribution is -2.07. The molecule has 0 saturated carbocycles. The minimum absolute atomic E-state index is 0.247. The van der Waals surface area contributed by atoms with Gasteiger partial charge in [0.25, 0.3) is 0 Å². The minimum Gasteiger partial charge on any atom is -0.504 e. The van der Waals surface area contributed by atoms with E-state index in [4.69, 9.17) is 0 Å². The summed E-state index contributed by atoms with van der Waals surface area (Å²) in [7, 11) is 0. The molecule has 0 atom stereocenters. The SMILES string of the molecule is Cc1cccc(-c2c(O)cnn2CC(C)C)c1. The van der Waals surface area contributed by atoms with E-state index >= 15 is 0 Å². The van der Waals surface area contributed by atoms with Gasteiger partial charge in [0.05, 0.1) is 6.20 Å². The van der Waals surface area contributed by atoms with Gasteiger partial charge in [-0.25, -0.2) is 0 Å². The normalized spacial score (nSPS) is 11.1. The lowest BCUT2D eigenvalue weighted by Gasteiger charge is -2.10. The molecule has 1 N–H and O–H groups in total. The van der Waals surface area contributed by atoms with E-state index in [-0.39, 0.29) is 5.75 Å². The Bertz CT molecular complexity index is 515. The summed E-state index contributed by atoms with van der Waals surface area (Å²) in [5.41, 5.74) is 3.00. The van der Waals surface area contributed by atoms with Crippen LogP contribution in [0.1, 0.15) is 19.4 Å². The molecule has 1 aromatic heterocycles. The van der Waals surface area contributed by atoms with Crippen LogP contribution in [0.4, 0.5) is 0 Å². The summed E-state index contributed by atoms with van der Waals surface area (Å²) in [5, 5.41) is 14.1. The van der Waals surface area contributed by atoms with Crippen molar-refractivity contribution < 1.29 is 5.11 Å². The van der Waals surface area contributed by atoms with E-state index in [0.717, 1.165) is 17.8 Å². The third-order valence-electron chi connectivity index (χ3n) is 2.65. The Morgan fingerprint density at radius 1 is 1.35 bits per heavy atom. The van der Waals surface area contributed by atoms with Crippen molar-refractivity contribution in [3.05, 3.63) is 36.0 Å². The van der Waals surface area contributed by atoms with Crippen LogP contribution in [0.2, 0.25) is 0 Å². The van der Waals surface area contributed by atoms with Crippen LogP contribution in [0.5, 0.6) is 5.75 Å². The summed E-state index contributed by atoms with van der Waals surface area (Å²) >= 11 is 0. The fraction of sp³-hybridized carbons (Fsp3) is 0.357.